The van der Waals surface area contributed by atoms with Crippen molar-refractivity contribution >= 4 is 11.9 Å². The van der Waals surface area contributed by atoms with Crippen LogP contribution in [0.3, 0.4) is 0 Å². The molecule has 0 saturated heterocycles. The molecule has 0 fully saturated rings. The molecule has 0 spiro atoms. The Hall–Kier alpha value is -1.18. The molecular weight excluding hydrogens is 328 g/mol. The maximum atomic E-state index is 11.5. The molecule has 0 unspecified atom stereocenters. The summed E-state index contributed by atoms with van der Waals surface area (Å²) in [5, 5.41) is 17.2. The highest BCUT2D eigenvalue weighted by Crippen LogP contribution is 2.02. The van der Waals surface area contributed by atoms with Crippen LogP contribution in [0.4, 0.5) is 0 Å². The topological polar surface area (TPSA) is 102 Å². The van der Waals surface area contributed by atoms with Crippen LogP contribution >= 0.6 is 0 Å². The minimum atomic E-state index is -0.255. The zero-order chi connectivity index (χ0) is 18.6. The fourth-order valence-electron chi connectivity index (χ4n) is 1.99. The molecule has 148 valence electrons. The molecule has 0 aliphatic rings. The van der Waals surface area contributed by atoms with E-state index in [4.69, 9.17) is 24.4 Å². The molecule has 0 aliphatic carbocycles. The molecule has 7 nitrogen and oxygen atoms in total. The lowest BCUT2D eigenvalue weighted by atomic mass is 10.2. The minimum Gasteiger partial charge on any atom is -0.466 e. The van der Waals surface area contributed by atoms with Crippen LogP contribution in [0.25, 0.3) is 0 Å². The molecule has 0 aromatic heterocycles. The van der Waals surface area contributed by atoms with Crippen molar-refractivity contribution in [3.8, 4) is 0 Å². The molecule has 0 rings (SSSR count). The predicted octanol–water partition coefficient (Wildman–Crippen LogP) is 1.98. The first-order chi connectivity index (χ1) is 12.2. The molecule has 7 heteroatoms. The number of carbonyl (C=O) groups is 2. The van der Waals surface area contributed by atoms with Gasteiger partial charge >= 0.3 is 11.9 Å². The fraction of sp³-hybridized carbons (Fsp3) is 0.889. The lowest BCUT2D eigenvalue weighted by molar-refractivity contribution is -0.144. The largest absolute Gasteiger partial charge is 0.466 e. The summed E-state index contributed by atoms with van der Waals surface area (Å²) in [5.41, 5.74) is 0. The monoisotopic (exact) mass is 362 g/mol. The van der Waals surface area contributed by atoms with E-state index in [1.165, 1.54) is 0 Å². The van der Waals surface area contributed by atoms with Crippen molar-refractivity contribution in [2.75, 3.05) is 39.6 Å². The van der Waals surface area contributed by atoms with Crippen molar-refractivity contribution in [2.24, 2.45) is 0 Å². The van der Waals surface area contributed by atoms with Gasteiger partial charge in [0.1, 0.15) is 0 Å². The maximum absolute atomic E-state index is 11.5. The molecule has 0 amide bonds. The first-order valence-corrected chi connectivity index (χ1v) is 9.31. The zero-order valence-electron chi connectivity index (χ0n) is 15.2. The van der Waals surface area contributed by atoms with Gasteiger partial charge in [-0.3, -0.25) is 9.59 Å². The molecule has 0 radical (unpaired) electrons. The van der Waals surface area contributed by atoms with E-state index in [-0.39, 0.29) is 25.2 Å². The SMILES string of the molecule is O=C(CCCCO)OCCCCC(=O)OCCCCOCCCCO. The highest BCUT2D eigenvalue weighted by molar-refractivity contribution is 5.69. The molecule has 0 aliphatic heterocycles. The number of carbonyl (C=O) groups excluding carboxylic acids is 2. The fourth-order valence-corrected chi connectivity index (χ4v) is 1.99. The lowest BCUT2D eigenvalue weighted by Gasteiger charge is -2.06. The van der Waals surface area contributed by atoms with E-state index < -0.39 is 0 Å². The Morgan fingerprint density at radius 3 is 1.52 bits per heavy atom. The first-order valence-electron chi connectivity index (χ1n) is 9.31. The molecule has 0 aromatic carbocycles. The van der Waals surface area contributed by atoms with Gasteiger partial charge < -0.3 is 24.4 Å². The second-order valence-electron chi connectivity index (χ2n) is 5.83. The van der Waals surface area contributed by atoms with Crippen molar-refractivity contribution in [1.29, 1.82) is 0 Å². The summed E-state index contributed by atoms with van der Waals surface area (Å²) in [6.45, 7) is 2.32. The van der Waals surface area contributed by atoms with Gasteiger partial charge in [-0.2, -0.15) is 0 Å². The molecular formula is C18H34O7. The summed E-state index contributed by atoms with van der Waals surface area (Å²) >= 11 is 0. The molecule has 25 heavy (non-hydrogen) atoms. The molecule has 2 N–H and O–H groups in total. The first kappa shape index (κ1) is 23.8. The van der Waals surface area contributed by atoms with Crippen LogP contribution in [-0.2, 0) is 23.8 Å². The molecule has 0 bridgehead atoms. The van der Waals surface area contributed by atoms with Crippen LogP contribution in [0.15, 0.2) is 0 Å². The smallest absolute Gasteiger partial charge is 0.305 e. The van der Waals surface area contributed by atoms with Gasteiger partial charge in [0, 0.05) is 39.3 Å². The third-order valence-corrected chi connectivity index (χ3v) is 3.47. The second kappa shape index (κ2) is 19.1. The van der Waals surface area contributed by atoms with Crippen molar-refractivity contribution in [3.05, 3.63) is 0 Å². The number of unbranched alkanes of at least 4 members (excludes halogenated alkanes) is 4. The number of rotatable bonds is 18. The Morgan fingerprint density at radius 1 is 0.560 bits per heavy atom. The van der Waals surface area contributed by atoms with Crippen LogP contribution in [0.2, 0.25) is 0 Å². The number of aliphatic hydroxyl groups is 2. The average molecular weight is 362 g/mol. The van der Waals surface area contributed by atoms with Gasteiger partial charge in [0.15, 0.2) is 0 Å². The molecule has 0 atom stereocenters. The Balaban J connectivity index is 3.27. The van der Waals surface area contributed by atoms with Crippen LogP contribution < -0.4 is 0 Å². The average Bonchev–Trinajstić information content (AvgIpc) is 2.60. The van der Waals surface area contributed by atoms with Crippen molar-refractivity contribution in [3.63, 3.8) is 0 Å². The number of ether oxygens (including phenoxy) is 3. The van der Waals surface area contributed by atoms with Crippen LogP contribution in [-0.4, -0.2) is 61.8 Å². The molecule has 0 heterocycles. The number of hydrogen-bond donors (Lipinski definition) is 2. The Kier molecular flexibility index (Phi) is 18.2. The Labute approximate surface area is 150 Å². The van der Waals surface area contributed by atoms with Crippen LogP contribution in [0, 0.1) is 0 Å². The van der Waals surface area contributed by atoms with Gasteiger partial charge in [0.2, 0.25) is 0 Å². The van der Waals surface area contributed by atoms with Gasteiger partial charge in [-0.15, -0.1) is 0 Å². The van der Waals surface area contributed by atoms with E-state index in [0.717, 1.165) is 25.7 Å². The van der Waals surface area contributed by atoms with E-state index in [2.05, 4.69) is 0 Å². The quantitative estimate of drug-likeness (QED) is 0.284. The summed E-state index contributed by atoms with van der Waals surface area (Å²) in [6, 6.07) is 0. The van der Waals surface area contributed by atoms with E-state index in [1.54, 1.807) is 0 Å². The lowest BCUT2D eigenvalue weighted by Crippen LogP contribution is -2.09. The summed E-state index contributed by atoms with van der Waals surface area (Å²) in [7, 11) is 0. The third kappa shape index (κ3) is 19.0. The van der Waals surface area contributed by atoms with E-state index in [0.29, 0.717) is 65.0 Å². The van der Waals surface area contributed by atoms with Crippen LogP contribution in [0.1, 0.15) is 64.2 Å². The minimum absolute atomic E-state index is 0.0903. The van der Waals surface area contributed by atoms with Gasteiger partial charge in [-0.1, -0.05) is 0 Å². The van der Waals surface area contributed by atoms with Gasteiger partial charge in [0.05, 0.1) is 13.2 Å². The van der Waals surface area contributed by atoms with E-state index in [9.17, 15) is 9.59 Å². The summed E-state index contributed by atoms with van der Waals surface area (Å²) in [6.07, 6.45) is 6.43. The highest BCUT2D eigenvalue weighted by atomic mass is 16.5. The summed E-state index contributed by atoms with van der Waals surface area (Å²) in [4.78, 5) is 22.8. The number of esters is 2. The van der Waals surface area contributed by atoms with Gasteiger partial charge in [-0.05, 0) is 51.4 Å². The Morgan fingerprint density at radius 2 is 0.960 bits per heavy atom. The van der Waals surface area contributed by atoms with Crippen molar-refractivity contribution < 1.29 is 34.0 Å². The normalized spacial score (nSPS) is 10.6. The van der Waals surface area contributed by atoms with E-state index >= 15 is 0 Å². The maximum Gasteiger partial charge on any atom is 0.305 e. The van der Waals surface area contributed by atoms with Crippen molar-refractivity contribution in [1.82, 2.24) is 0 Å². The molecule has 0 aromatic rings. The van der Waals surface area contributed by atoms with Gasteiger partial charge in [-0.25, -0.2) is 0 Å². The zero-order valence-corrected chi connectivity index (χ0v) is 15.2. The van der Waals surface area contributed by atoms with Crippen LogP contribution in [0.5, 0.6) is 0 Å². The predicted molar refractivity (Wildman–Crippen MR) is 93.1 cm³/mol. The summed E-state index contributed by atoms with van der Waals surface area (Å²) < 4.78 is 15.5. The number of aliphatic hydroxyl groups excluding tert-OH is 2. The Bertz CT molecular complexity index is 321. The third-order valence-electron chi connectivity index (χ3n) is 3.47. The highest BCUT2D eigenvalue weighted by Gasteiger charge is 2.05. The van der Waals surface area contributed by atoms with E-state index in [1.807, 2.05) is 0 Å². The summed E-state index contributed by atoms with van der Waals surface area (Å²) in [5.74, 6) is -0.479. The van der Waals surface area contributed by atoms with Gasteiger partial charge in [0.25, 0.3) is 0 Å². The second-order valence-corrected chi connectivity index (χ2v) is 5.83. The molecule has 0 saturated carbocycles. The number of hydrogen-bond acceptors (Lipinski definition) is 7. The standard InChI is InChI=1S/C18H34O7/c19-11-3-1-9-17(21)24-15-5-2-10-18(22)25-16-8-7-14-23-13-6-4-12-20/h19-20H,1-16H2. The van der Waals surface area contributed by atoms with Crippen molar-refractivity contribution in [2.45, 2.75) is 64.2 Å².